The minimum absolute atomic E-state index is 0.214. The van der Waals surface area contributed by atoms with E-state index >= 15 is 0 Å². The highest BCUT2D eigenvalue weighted by Gasteiger charge is 2.23. The van der Waals surface area contributed by atoms with Gasteiger partial charge >= 0.3 is 0 Å². The standard InChI is InChI=1S/C19H20Cl2N4O2/c1-11-17(18(25-27-11)13-4-2-3-5-14(13)20)19(26)24-9-8-23-16-7-6-12(22)10-15(16)21/h2-5,15,22H,6-10H2,1H3,(H,24,26). The van der Waals surface area contributed by atoms with Gasteiger partial charge in [-0.1, -0.05) is 35.0 Å². The fourth-order valence-electron chi connectivity index (χ4n) is 2.98. The van der Waals surface area contributed by atoms with E-state index in [2.05, 4.69) is 15.5 Å². The maximum absolute atomic E-state index is 12.6. The molecule has 1 aromatic carbocycles. The van der Waals surface area contributed by atoms with Crippen molar-refractivity contribution < 1.29 is 9.32 Å². The number of amides is 1. The monoisotopic (exact) mass is 406 g/mol. The number of hydrogen-bond donors (Lipinski definition) is 2. The zero-order chi connectivity index (χ0) is 19.4. The summed E-state index contributed by atoms with van der Waals surface area (Å²) in [7, 11) is 0. The number of aliphatic imine (C=N–C) groups is 1. The van der Waals surface area contributed by atoms with Crippen LogP contribution in [0.5, 0.6) is 0 Å². The van der Waals surface area contributed by atoms with Crippen LogP contribution in [0.3, 0.4) is 0 Å². The minimum Gasteiger partial charge on any atom is -0.360 e. The summed E-state index contributed by atoms with van der Waals surface area (Å²) in [4.78, 5) is 17.1. The lowest BCUT2D eigenvalue weighted by atomic mass is 9.96. The Labute approximate surface area is 167 Å². The third-order valence-corrected chi connectivity index (χ3v) is 5.14. The van der Waals surface area contributed by atoms with Crippen LogP contribution in [-0.4, -0.2) is 41.0 Å². The van der Waals surface area contributed by atoms with E-state index in [9.17, 15) is 4.79 Å². The average Bonchev–Trinajstić information content (AvgIpc) is 3.02. The third kappa shape index (κ3) is 4.57. The van der Waals surface area contributed by atoms with Crippen molar-refractivity contribution in [2.45, 2.75) is 31.6 Å². The maximum Gasteiger partial charge on any atom is 0.257 e. The summed E-state index contributed by atoms with van der Waals surface area (Å²) in [5.74, 6) is 0.150. The van der Waals surface area contributed by atoms with Crippen molar-refractivity contribution in [2.75, 3.05) is 13.1 Å². The van der Waals surface area contributed by atoms with E-state index in [4.69, 9.17) is 33.1 Å². The fourth-order valence-corrected chi connectivity index (χ4v) is 3.57. The third-order valence-electron chi connectivity index (χ3n) is 4.40. The summed E-state index contributed by atoms with van der Waals surface area (Å²) in [6.45, 7) is 2.50. The zero-order valence-corrected chi connectivity index (χ0v) is 16.4. The Bertz CT molecular complexity index is 892. The molecular formula is C19H20Cl2N4O2. The predicted molar refractivity (Wildman–Crippen MR) is 108 cm³/mol. The molecule has 1 atom stereocenters. The Morgan fingerprint density at radius 2 is 2.19 bits per heavy atom. The molecule has 6 nitrogen and oxygen atoms in total. The average molecular weight is 407 g/mol. The number of benzene rings is 1. The lowest BCUT2D eigenvalue weighted by Crippen LogP contribution is -2.29. The molecule has 142 valence electrons. The predicted octanol–water partition coefficient (Wildman–Crippen LogP) is 4.29. The van der Waals surface area contributed by atoms with Crippen molar-refractivity contribution in [2.24, 2.45) is 4.99 Å². The Morgan fingerprint density at radius 1 is 1.41 bits per heavy atom. The number of rotatable bonds is 5. The van der Waals surface area contributed by atoms with Crippen molar-refractivity contribution in [3.05, 3.63) is 40.6 Å². The number of nitrogens with one attached hydrogen (secondary N) is 2. The van der Waals surface area contributed by atoms with Gasteiger partial charge in [0.05, 0.1) is 16.9 Å². The van der Waals surface area contributed by atoms with Gasteiger partial charge in [-0.25, -0.2) is 0 Å². The van der Waals surface area contributed by atoms with Crippen LogP contribution < -0.4 is 5.32 Å². The molecule has 1 saturated carbocycles. The number of aryl methyl sites for hydroxylation is 1. The molecule has 0 bridgehead atoms. The highest BCUT2D eigenvalue weighted by Crippen LogP contribution is 2.30. The first-order valence-electron chi connectivity index (χ1n) is 8.70. The van der Waals surface area contributed by atoms with Gasteiger partial charge in [-0.2, -0.15) is 0 Å². The van der Waals surface area contributed by atoms with Crippen LogP contribution in [-0.2, 0) is 0 Å². The summed E-state index contributed by atoms with van der Waals surface area (Å²) in [5.41, 5.74) is 3.01. The number of hydrogen-bond acceptors (Lipinski definition) is 5. The second-order valence-electron chi connectivity index (χ2n) is 6.35. The normalized spacial score (nSPS) is 18.7. The maximum atomic E-state index is 12.6. The second-order valence-corrected chi connectivity index (χ2v) is 7.28. The number of halogens is 2. The Balaban J connectivity index is 1.65. The quantitative estimate of drug-likeness (QED) is 0.572. The molecule has 1 aliphatic rings. The van der Waals surface area contributed by atoms with Crippen molar-refractivity contribution in [3.63, 3.8) is 0 Å². The van der Waals surface area contributed by atoms with E-state index < -0.39 is 0 Å². The lowest BCUT2D eigenvalue weighted by Gasteiger charge is -2.19. The lowest BCUT2D eigenvalue weighted by molar-refractivity contribution is 0.0954. The topological polar surface area (TPSA) is 91.3 Å². The Morgan fingerprint density at radius 3 is 2.93 bits per heavy atom. The summed E-state index contributed by atoms with van der Waals surface area (Å²) < 4.78 is 5.22. The summed E-state index contributed by atoms with van der Waals surface area (Å²) >= 11 is 12.5. The number of alkyl halides is 1. The van der Waals surface area contributed by atoms with Gasteiger partial charge < -0.3 is 15.2 Å². The Hall–Kier alpha value is -2.18. The van der Waals surface area contributed by atoms with E-state index in [1.165, 1.54) is 0 Å². The van der Waals surface area contributed by atoms with Crippen LogP contribution in [0.4, 0.5) is 0 Å². The number of carbonyl (C=O) groups excluding carboxylic acids is 1. The summed E-state index contributed by atoms with van der Waals surface area (Å²) in [6, 6.07) is 7.18. The van der Waals surface area contributed by atoms with Crippen LogP contribution in [0.2, 0.25) is 5.02 Å². The van der Waals surface area contributed by atoms with Crippen molar-refractivity contribution in [1.29, 1.82) is 5.41 Å². The van der Waals surface area contributed by atoms with Gasteiger partial charge in [0.1, 0.15) is 17.0 Å². The van der Waals surface area contributed by atoms with Gasteiger partial charge in [0.2, 0.25) is 0 Å². The van der Waals surface area contributed by atoms with E-state index in [0.717, 1.165) is 5.71 Å². The first-order valence-corrected chi connectivity index (χ1v) is 9.51. The molecule has 0 saturated heterocycles. The molecular weight excluding hydrogens is 387 g/mol. The molecule has 1 fully saturated rings. The molecule has 1 aromatic heterocycles. The Kier molecular flexibility index (Phi) is 6.29. The molecule has 0 aliphatic heterocycles. The van der Waals surface area contributed by atoms with Gasteiger partial charge in [-0.05, 0) is 25.8 Å². The first-order chi connectivity index (χ1) is 13.0. The van der Waals surface area contributed by atoms with Crippen LogP contribution in [0.1, 0.15) is 35.4 Å². The molecule has 2 aromatic rings. The largest absolute Gasteiger partial charge is 0.360 e. The van der Waals surface area contributed by atoms with Crippen molar-refractivity contribution in [1.82, 2.24) is 10.5 Å². The SMILES string of the molecule is Cc1onc(-c2ccccc2Cl)c1C(=O)NCCN=C1CCC(=N)CC1Cl. The number of carbonyl (C=O) groups is 1. The summed E-state index contributed by atoms with van der Waals surface area (Å²) in [6.07, 6.45) is 1.96. The van der Waals surface area contributed by atoms with Gasteiger partial charge in [-0.3, -0.25) is 9.79 Å². The molecule has 0 radical (unpaired) electrons. The number of nitrogens with zero attached hydrogens (tertiary/aromatic N) is 2. The molecule has 1 aliphatic carbocycles. The summed E-state index contributed by atoms with van der Waals surface area (Å²) in [5, 5.41) is 14.8. The first kappa shape index (κ1) is 19.6. The second kappa shape index (κ2) is 8.67. The van der Waals surface area contributed by atoms with Crippen LogP contribution in [0.15, 0.2) is 33.8 Å². The zero-order valence-electron chi connectivity index (χ0n) is 14.9. The van der Waals surface area contributed by atoms with Gasteiger partial charge in [0.15, 0.2) is 0 Å². The highest BCUT2D eigenvalue weighted by atomic mass is 35.5. The van der Waals surface area contributed by atoms with Gasteiger partial charge in [0, 0.05) is 30.0 Å². The molecule has 1 unspecified atom stereocenters. The van der Waals surface area contributed by atoms with E-state index in [1.807, 2.05) is 12.1 Å². The van der Waals surface area contributed by atoms with Crippen molar-refractivity contribution in [3.8, 4) is 11.3 Å². The van der Waals surface area contributed by atoms with Crippen LogP contribution >= 0.6 is 23.2 Å². The molecule has 8 heteroatoms. The smallest absolute Gasteiger partial charge is 0.257 e. The van der Waals surface area contributed by atoms with Crippen molar-refractivity contribution >= 4 is 40.5 Å². The molecule has 27 heavy (non-hydrogen) atoms. The highest BCUT2D eigenvalue weighted by molar-refractivity contribution is 6.34. The molecule has 1 amide bonds. The van der Waals surface area contributed by atoms with Gasteiger partial charge in [-0.15, -0.1) is 11.6 Å². The van der Waals surface area contributed by atoms with Crippen LogP contribution in [0.25, 0.3) is 11.3 Å². The minimum atomic E-state index is -0.281. The van der Waals surface area contributed by atoms with E-state index in [0.29, 0.717) is 65.7 Å². The molecule has 1 heterocycles. The molecule has 3 rings (SSSR count). The fraction of sp³-hybridized carbons (Fsp3) is 0.368. The van der Waals surface area contributed by atoms with Gasteiger partial charge in [0.25, 0.3) is 5.91 Å². The molecule has 0 spiro atoms. The van der Waals surface area contributed by atoms with Crippen LogP contribution in [0, 0.1) is 12.3 Å². The van der Waals surface area contributed by atoms with E-state index in [-0.39, 0.29) is 11.3 Å². The van der Waals surface area contributed by atoms with E-state index in [1.54, 1.807) is 19.1 Å². The number of aromatic nitrogens is 1. The molecule has 2 N–H and O–H groups in total.